The van der Waals surface area contributed by atoms with Crippen LogP contribution in [-0.4, -0.2) is 17.5 Å². The molecule has 4 aromatic rings. The van der Waals surface area contributed by atoms with E-state index >= 15 is 0 Å². The standard InChI is InChI=1S/C24H21ClN2O3/c1-3-16-4-10-22-20(13-16)27-24(30-22)17-5-8-19(9-6-17)26-23(28)14-29-21-11-7-18(25)12-15(21)2/h4-13H,3,14H2,1-2H3,(H,26,28). The number of halogens is 1. The van der Waals surface area contributed by atoms with E-state index < -0.39 is 0 Å². The number of amides is 1. The normalized spacial score (nSPS) is 10.9. The number of aromatic nitrogens is 1. The van der Waals surface area contributed by atoms with Crippen LogP contribution in [0.15, 0.2) is 65.1 Å². The van der Waals surface area contributed by atoms with Crippen molar-refractivity contribution in [3.8, 4) is 17.2 Å². The molecule has 1 heterocycles. The minimum atomic E-state index is -0.244. The van der Waals surface area contributed by atoms with Crippen LogP contribution in [0.3, 0.4) is 0 Å². The molecule has 0 bridgehead atoms. The average Bonchev–Trinajstić information content (AvgIpc) is 3.17. The van der Waals surface area contributed by atoms with Crippen LogP contribution >= 0.6 is 11.6 Å². The Labute approximate surface area is 179 Å². The molecular weight excluding hydrogens is 400 g/mol. The minimum Gasteiger partial charge on any atom is -0.483 e. The molecule has 1 N–H and O–H groups in total. The Morgan fingerprint density at radius 2 is 1.90 bits per heavy atom. The van der Waals surface area contributed by atoms with Crippen LogP contribution in [0.2, 0.25) is 5.02 Å². The van der Waals surface area contributed by atoms with Crippen molar-refractivity contribution in [1.82, 2.24) is 4.98 Å². The van der Waals surface area contributed by atoms with Gasteiger partial charge in [-0.25, -0.2) is 4.98 Å². The summed E-state index contributed by atoms with van der Waals surface area (Å²) in [5.74, 6) is 0.941. The van der Waals surface area contributed by atoms with Crippen LogP contribution in [0.5, 0.6) is 5.75 Å². The lowest BCUT2D eigenvalue weighted by Crippen LogP contribution is -2.20. The monoisotopic (exact) mass is 420 g/mol. The first-order chi connectivity index (χ1) is 14.5. The fourth-order valence-corrected chi connectivity index (χ4v) is 3.35. The second-order valence-electron chi connectivity index (χ2n) is 7.00. The van der Waals surface area contributed by atoms with Crippen LogP contribution in [-0.2, 0) is 11.2 Å². The summed E-state index contributed by atoms with van der Waals surface area (Å²) in [4.78, 5) is 16.8. The van der Waals surface area contributed by atoms with Gasteiger partial charge in [0.25, 0.3) is 5.91 Å². The summed E-state index contributed by atoms with van der Waals surface area (Å²) in [5, 5.41) is 3.46. The van der Waals surface area contributed by atoms with E-state index in [0.29, 0.717) is 22.4 Å². The van der Waals surface area contributed by atoms with E-state index in [9.17, 15) is 4.79 Å². The zero-order chi connectivity index (χ0) is 21.1. The molecule has 0 aliphatic carbocycles. The Kier molecular flexibility index (Phi) is 5.72. The second-order valence-corrected chi connectivity index (χ2v) is 7.44. The number of hydrogen-bond acceptors (Lipinski definition) is 4. The summed E-state index contributed by atoms with van der Waals surface area (Å²) < 4.78 is 11.4. The van der Waals surface area contributed by atoms with Crippen molar-refractivity contribution < 1.29 is 13.9 Å². The maximum atomic E-state index is 12.2. The van der Waals surface area contributed by atoms with Gasteiger partial charge in [0.1, 0.15) is 11.3 Å². The minimum absolute atomic E-state index is 0.0882. The maximum absolute atomic E-state index is 12.2. The summed E-state index contributed by atoms with van der Waals surface area (Å²) >= 11 is 5.93. The van der Waals surface area contributed by atoms with Gasteiger partial charge >= 0.3 is 0 Å². The number of ether oxygens (including phenoxy) is 1. The van der Waals surface area contributed by atoms with Gasteiger partial charge in [-0.2, -0.15) is 0 Å². The van der Waals surface area contributed by atoms with Crippen molar-refractivity contribution in [3.05, 3.63) is 76.8 Å². The van der Waals surface area contributed by atoms with Crippen molar-refractivity contribution in [2.75, 3.05) is 11.9 Å². The first-order valence-electron chi connectivity index (χ1n) is 9.70. The molecule has 0 aliphatic heterocycles. The quantitative estimate of drug-likeness (QED) is 0.413. The van der Waals surface area contributed by atoms with E-state index in [2.05, 4.69) is 17.2 Å². The molecule has 0 unspecified atom stereocenters. The fraction of sp³-hybridized carbons (Fsp3) is 0.167. The number of nitrogens with one attached hydrogen (secondary N) is 1. The van der Waals surface area contributed by atoms with Gasteiger partial charge in [0.2, 0.25) is 5.89 Å². The molecule has 0 saturated heterocycles. The van der Waals surface area contributed by atoms with E-state index in [0.717, 1.165) is 28.6 Å². The number of anilines is 1. The lowest BCUT2D eigenvalue weighted by molar-refractivity contribution is -0.118. The van der Waals surface area contributed by atoms with E-state index in [1.165, 1.54) is 5.56 Å². The molecule has 6 heteroatoms. The predicted octanol–water partition coefficient (Wildman–Crippen LogP) is 6.04. The Morgan fingerprint density at radius 1 is 1.10 bits per heavy atom. The van der Waals surface area contributed by atoms with Crippen LogP contribution in [0, 0.1) is 6.92 Å². The van der Waals surface area contributed by atoms with Crippen LogP contribution in [0.1, 0.15) is 18.1 Å². The highest BCUT2D eigenvalue weighted by atomic mass is 35.5. The number of carbonyl (C=O) groups is 1. The molecule has 0 fully saturated rings. The van der Waals surface area contributed by atoms with Gasteiger partial charge in [-0.1, -0.05) is 24.6 Å². The van der Waals surface area contributed by atoms with E-state index in [4.69, 9.17) is 20.8 Å². The van der Waals surface area contributed by atoms with Gasteiger partial charge in [-0.15, -0.1) is 0 Å². The van der Waals surface area contributed by atoms with Crippen molar-refractivity contribution in [3.63, 3.8) is 0 Å². The van der Waals surface area contributed by atoms with Crippen molar-refractivity contribution in [1.29, 1.82) is 0 Å². The topological polar surface area (TPSA) is 64.4 Å². The number of nitrogens with zero attached hydrogens (tertiary/aromatic N) is 1. The molecule has 5 nitrogen and oxygen atoms in total. The zero-order valence-corrected chi connectivity index (χ0v) is 17.5. The molecule has 0 atom stereocenters. The van der Waals surface area contributed by atoms with Gasteiger partial charge < -0.3 is 14.5 Å². The van der Waals surface area contributed by atoms with E-state index in [1.54, 1.807) is 18.2 Å². The van der Waals surface area contributed by atoms with Gasteiger partial charge in [0.15, 0.2) is 12.2 Å². The van der Waals surface area contributed by atoms with Crippen LogP contribution in [0.4, 0.5) is 5.69 Å². The third-order valence-corrected chi connectivity index (χ3v) is 5.01. The van der Waals surface area contributed by atoms with E-state index in [1.807, 2.05) is 49.4 Å². The third-order valence-electron chi connectivity index (χ3n) is 4.77. The highest BCUT2D eigenvalue weighted by molar-refractivity contribution is 6.30. The fourth-order valence-electron chi connectivity index (χ4n) is 3.13. The molecule has 0 radical (unpaired) electrons. The summed E-state index contributed by atoms with van der Waals surface area (Å²) in [5.41, 5.74) is 5.21. The Balaban J connectivity index is 1.40. The van der Waals surface area contributed by atoms with Crippen molar-refractivity contribution in [2.45, 2.75) is 20.3 Å². The molecular formula is C24H21ClN2O3. The summed E-state index contributed by atoms with van der Waals surface area (Å²) in [6.45, 7) is 3.90. The number of benzene rings is 3. The maximum Gasteiger partial charge on any atom is 0.262 e. The molecule has 1 aromatic heterocycles. The van der Waals surface area contributed by atoms with Crippen molar-refractivity contribution >= 4 is 34.3 Å². The highest BCUT2D eigenvalue weighted by Crippen LogP contribution is 2.26. The largest absolute Gasteiger partial charge is 0.483 e. The summed E-state index contributed by atoms with van der Waals surface area (Å²) in [7, 11) is 0. The first-order valence-corrected chi connectivity index (χ1v) is 10.1. The van der Waals surface area contributed by atoms with Gasteiger partial charge in [0.05, 0.1) is 0 Å². The summed E-state index contributed by atoms with van der Waals surface area (Å²) in [6, 6.07) is 18.7. The van der Waals surface area contributed by atoms with Gasteiger partial charge in [0, 0.05) is 16.3 Å². The number of oxazole rings is 1. The molecule has 1 amide bonds. The van der Waals surface area contributed by atoms with E-state index in [-0.39, 0.29) is 12.5 Å². The van der Waals surface area contributed by atoms with Gasteiger partial charge in [-0.05, 0) is 79.1 Å². The predicted molar refractivity (Wildman–Crippen MR) is 119 cm³/mol. The first kappa shape index (κ1) is 20.0. The molecule has 0 saturated carbocycles. The number of fused-ring (bicyclic) bond motifs is 1. The Bertz CT molecular complexity index is 1200. The van der Waals surface area contributed by atoms with Crippen LogP contribution < -0.4 is 10.1 Å². The smallest absolute Gasteiger partial charge is 0.262 e. The number of aryl methyl sites for hydroxylation is 2. The highest BCUT2D eigenvalue weighted by Gasteiger charge is 2.10. The molecule has 30 heavy (non-hydrogen) atoms. The van der Waals surface area contributed by atoms with Crippen LogP contribution in [0.25, 0.3) is 22.6 Å². The number of rotatable bonds is 6. The zero-order valence-electron chi connectivity index (χ0n) is 16.7. The molecule has 3 aromatic carbocycles. The molecule has 0 spiro atoms. The number of hydrogen-bond donors (Lipinski definition) is 1. The van der Waals surface area contributed by atoms with Crippen molar-refractivity contribution in [2.24, 2.45) is 0 Å². The molecule has 0 aliphatic rings. The van der Waals surface area contributed by atoms with Gasteiger partial charge in [-0.3, -0.25) is 4.79 Å². The average molecular weight is 421 g/mol. The molecule has 152 valence electrons. The summed E-state index contributed by atoms with van der Waals surface area (Å²) in [6.07, 6.45) is 0.952. The Hall–Kier alpha value is -3.31. The number of carbonyl (C=O) groups excluding carboxylic acids is 1. The Morgan fingerprint density at radius 3 is 2.63 bits per heavy atom. The lowest BCUT2D eigenvalue weighted by atomic mass is 10.1. The third kappa shape index (κ3) is 4.47. The lowest BCUT2D eigenvalue weighted by Gasteiger charge is -2.10. The molecule has 4 rings (SSSR count). The SMILES string of the molecule is CCc1ccc2oc(-c3ccc(NC(=O)COc4ccc(Cl)cc4C)cc3)nc2c1. The second kappa shape index (κ2) is 8.59.